The van der Waals surface area contributed by atoms with Gasteiger partial charge in [0, 0.05) is 6.07 Å². The minimum Gasteiger partial charge on any atom is -0.454 e. The predicted octanol–water partition coefficient (Wildman–Crippen LogP) is 4.31. The summed E-state index contributed by atoms with van der Waals surface area (Å²) in [6.07, 6.45) is 4.07. The molecule has 0 saturated carbocycles. The summed E-state index contributed by atoms with van der Waals surface area (Å²) in [4.78, 5) is 0. The van der Waals surface area contributed by atoms with E-state index < -0.39 is 0 Å². The second kappa shape index (κ2) is 7.15. The first kappa shape index (κ1) is 13.8. The maximum Gasteiger partial charge on any atom is 0.231 e. The van der Waals surface area contributed by atoms with Gasteiger partial charge in [0.1, 0.15) is 5.82 Å². The number of hydrogen-bond acceptors (Lipinski definition) is 2. The smallest absolute Gasteiger partial charge is 0.231 e. The maximum absolute atomic E-state index is 13.5. The van der Waals surface area contributed by atoms with E-state index in [1.165, 1.54) is 6.07 Å². The third-order valence-electron chi connectivity index (χ3n) is 2.59. The van der Waals surface area contributed by atoms with E-state index >= 15 is 0 Å². The molecule has 0 fully saturated rings. The van der Waals surface area contributed by atoms with E-state index in [4.69, 9.17) is 9.47 Å². The van der Waals surface area contributed by atoms with Crippen molar-refractivity contribution in [1.82, 2.24) is 0 Å². The summed E-state index contributed by atoms with van der Waals surface area (Å²) in [5, 5.41) is 0. The SMILES string of the molecule is CC.CCCCCc1cc2c(cc1F)OCO2. The van der Waals surface area contributed by atoms with Gasteiger partial charge in [-0.2, -0.15) is 0 Å². The molecular weight excluding hydrogens is 219 g/mol. The first-order valence-corrected chi connectivity index (χ1v) is 6.39. The number of fused-ring (bicyclic) bond motifs is 1. The zero-order valence-electron chi connectivity index (χ0n) is 10.9. The molecule has 0 aromatic heterocycles. The number of aryl methyl sites for hydroxylation is 1. The van der Waals surface area contributed by atoms with Gasteiger partial charge in [-0.15, -0.1) is 0 Å². The largest absolute Gasteiger partial charge is 0.454 e. The molecule has 96 valence electrons. The average Bonchev–Trinajstić information content (AvgIpc) is 2.79. The van der Waals surface area contributed by atoms with E-state index in [0.29, 0.717) is 11.5 Å². The van der Waals surface area contributed by atoms with Crippen LogP contribution >= 0.6 is 0 Å². The van der Waals surface area contributed by atoms with Crippen molar-refractivity contribution in [3.05, 3.63) is 23.5 Å². The lowest BCUT2D eigenvalue weighted by Gasteiger charge is -2.04. The molecule has 17 heavy (non-hydrogen) atoms. The molecule has 1 heterocycles. The molecule has 1 aliphatic heterocycles. The summed E-state index contributed by atoms with van der Waals surface area (Å²) in [7, 11) is 0. The highest BCUT2D eigenvalue weighted by Crippen LogP contribution is 2.34. The van der Waals surface area contributed by atoms with Gasteiger partial charge in [0.25, 0.3) is 0 Å². The van der Waals surface area contributed by atoms with Gasteiger partial charge in [-0.1, -0.05) is 33.6 Å². The molecular formula is C14H21FO2. The fourth-order valence-electron chi connectivity index (χ4n) is 1.72. The predicted molar refractivity (Wildman–Crippen MR) is 67.1 cm³/mol. The molecule has 0 radical (unpaired) electrons. The first-order valence-electron chi connectivity index (χ1n) is 6.39. The molecule has 0 atom stereocenters. The Kier molecular flexibility index (Phi) is 5.81. The minimum absolute atomic E-state index is 0.185. The molecule has 0 saturated heterocycles. The normalized spacial score (nSPS) is 12.0. The van der Waals surface area contributed by atoms with Crippen LogP contribution in [0.5, 0.6) is 11.5 Å². The summed E-state index contributed by atoms with van der Waals surface area (Å²) in [6, 6.07) is 3.18. The van der Waals surface area contributed by atoms with E-state index in [-0.39, 0.29) is 12.6 Å². The molecule has 2 rings (SSSR count). The molecule has 0 N–H and O–H groups in total. The molecule has 0 spiro atoms. The lowest BCUT2D eigenvalue weighted by Crippen LogP contribution is -1.93. The van der Waals surface area contributed by atoms with E-state index in [2.05, 4.69) is 6.92 Å². The van der Waals surface area contributed by atoms with Crippen molar-refractivity contribution >= 4 is 0 Å². The van der Waals surface area contributed by atoms with Crippen molar-refractivity contribution < 1.29 is 13.9 Å². The summed E-state index contributed by atoms with van der Waals surface area (Å²) < 4.78 is 23.8. The lowest BCUT2D eigenvalue weighted by atomic mass is 10.1. The van der Waals surface area contributed by atoms with Crippen LogP contribution in [-0.2, 0) is 6.42 Å². The highest BCUT2D eigenvalue weighted by atomic mass is 19.1. The van der Waals surface area contributed by atoms with Gasteiger partial charge in [-0.25, -0.2) is 4.39 Å². The lowest BCUT2D eigenvalue weighted by molar-refractivity contribution is 0.174. The minimum atomic E-state index is -0.185. The van der Waals surface area contributed by atoms with Gasteiger partial charge < -0.3 is 9.47 Å². The van der Waals surface area contributed by atoms with Gasteiger partial charge in [0.15, 0.2) is 11.5 Å². The Bertz CT molecular complexity index is 350. The monoisotopic (exact) mass is 240 g/mol. The summed E-state index contributed by atoms with van der Waals surface area (Å²) in [6.45, 7) is 6.34. The van der Waals surface area contributed by atoms with Crippen LogP contribution < -0.4 is 9.47 Å². The molecule has 0 bridgehead atoms. The Morgan fingerprint density at radius 1 is 1.12 bits per heavy atom. The van der Waals surface area contributed by atoms with Gasteiger partial charge in [0.2, 0.25) is 6.79 Å². The highest BCUT2D eigenvalue weighted by molar-refractivity contribution is 5.45. The average molecular weight is 240 g/mol. The number of unbranched alkanes of at least 4 members (excludes halogenated alkanes) is 2. The number of halogens is 1. The van der Waals surface area contributed by atoms with Crippen LogP contribution in [0.3, 0.4) is 0 Å². The van der Waals surface area contributed by atoms with E-state index in [9.17, 15) is 4.39 Å². The molecule has 2 nitrogen and oxygen atoms in total. The molecule has 1 aliphatic rings. The summed E-state index contributed by atoms with van der Waals surface area (Å²) in [5.41, 5.74) is 0.729. The molecule has 0 amide bonds. The fourth-order valence-corrected chi connectivity index (χ4v) is 1.72. The van der Waals surface area contributed by atoms with Crippen molar-refractivity contribution in [2.45, 2.75) is 46.5 Å². The quantitative estimate of drug-likeness (QED) is 0.730. The van der Waals surface area contributed by atoms with Crippen LogP contribution in [-0.4, -0.2) is 6.79 Å². The Labute approximate surface area is 103 Å². The Hall–Kier alpha value is -1.25. The first-order chi connectivity index (χ1) is 8.31. The van der Waals surface area contributed by atoms with E-state index in [0.717, 1.165) is 31.2 Å². The molecule has 0 aliphatic carbocycles. The third-order valence-corrected chi connectivity index (χ3v) is 2.59. The van der Waals surface area contributed by atoms with Crippen molar-refractivity contribution in [3.63, 3.8) is 0 Å². The second-order valence-electron chi connectivity index (χ2n) is 3.75. The van der Waals surface area contributed by atoms with Crippen LogP contribution in [0.1, 0.15) is 45.6 Å². The van der Waals surface area contributed by atoms with Crippen LogP contribution in [0.15, 0.2) is 12.1 Å². The summed E-state index contributed by atoms with van der Waals surface area (Å²) in [5.74, 6) is 1.00. The summed E-state index contributed by atoms with van der Waals surface area (Å²) >= 11 is 0. The Balaban J connectivity index is 0.000000686. The topological polar surface area (TPSA) is 18.5 Å². The van der Waals surface area contributed by atoms with Gasteiger partial charge >= 0.3 is 0 Å². The van der Waals surface area contributed by atoms with Crippen molar-refractivity contribution in [2.75, 3.05) is 6.79 Å². The third kappa shape index (κ3) is 3.62. The van der Waals surface area contributed by atoms with Crippen LogP contribution in [0.2, 0.25) is 0 Å². The molecule has 1 aromatic carbocycles. The van der Waals surface area contributed by atoms with Crippen LogP contribution in [0.4, 0.5) is 4.39 Å². The fraction of sp³-hybridized carbons (Fsp3) is 0.571. The van der Waals surface area contributed by atoms with Crippen LogP contribution in [0.25, 0.3) is 0 Å². The van der Waals surface area contributed by atoms with Crippen LogP contribution in [0, 0.1) is 5.82 Å². The molecule has 0 unspecified atom stereocenters. The number of hydrogen-bond donors (Lipinski definition) is 0. The molecule has 1 aromatic rings. The Morgan fingerprint density at radius 3 is 2.41 bits per heavy atom. The van der Waals surface area contributed by atoms with Gasteiger partial charge in [-0.05, 0) is 24.5 Å². The standard InChI is InChI=1S/C12H15FO2.C2H6/c1-2-3-4-5-9-6-11-12(7-10(9)13)15-8-14-11;1-2/h6-7H,2-5,8H2,1H3;1-2H3. The number of benzene rings is 1. The van der Waals surface area contributed by atoms with E-state index in [1.807, 2.05) is 13.8 Å². The Morgan fingerprint density at radius 2 is 1.76 bits per heavy atom. The highest BCUT2D eigenvalue weighted by Gasteiger charge is 2.16. The molecule has 3 heteroatoms. The van der Waals surface area contributed by atoms with Crippen molar-refractivity contribution in [2.24, 2.45) is 0 Å². The van der Waals surface area contributed by atoms with E-state index in [1.54, 1.807) is 6.07 Å². The zero-order chi connectivity index (χ0) is 12.7. The zero-order valence-corrected chi connectivity index (χ0v) is 10.9. The van der Waals surface area contributed by atoms with Gasteiger partial charge in [-0.3, -0.25) is 0 Å². The maximum atomic E-state index is 13.5. The number of rotatable bonds is 4. The van der Waals surface area contributed by atoms with Crippen molar-refractivity contribution in [3.8, 4) is 11.5 Å². The number of ether oxygens (including phenoxy) is 2. The van der Waals surface area contributed by atoms with Gasteiger partial charge in [0.05, 0.1) is 0 Å². The second-order valence-corrected chi connectivity index (χ2v) is 3.75. The van der Waals surface area contributed by atoms with Crippen molar-refractivity contribution in [1.29, 1.82) is 0 Å².